The maximum Gasteiger partial charge on any atom is 0.433 e. The number of halogens is 5. The fourth-order valence-corrected chi connectivity index (χ4v) is 3.80. The van der Waals surface area contributed by atoms with Gasteiger partial charge < -0.3 is 5.32 Å². The summed E-state index contributed by atoms with van der Waals surface area (Å²) < 4.78 is 40.1. The van der Waals surface area contributed by atoms with E-state index in [2.05, 4.69) is 15.4 Å². The Morgan fingerprint density at radius 1 is 1.17 bits per heavy atom. The number of hydrogen-bond donors (Lipinski definition) is 1. The minimum absolute atomic E-state index is 0.244. The fraction of sp³-hybridized carbons (Fsp3) is 0.211. The van der Waals surface area contributed by atoms with Gasteiger partial charge in [0.2, 0.25) is 0 Å². The lowest BCUT2D eigenvalue weighted by atomic mass is 10.1. The van der Waals surface area contributed by atoms with Gasteiger partial charge in [-0.3, -0.25) is 9.78 Å². The van der Waals surface area contributed by atoms with Crippen LogP contribution < -0.4 is 5.32 Å². The standard InChI is InChI=1S/C19H13Cl2F3N4O/c20-11-5-10(6-12(21)7-11)18(29)26-15-1-2-16-14(15)9-28(27-16)13-3-4-25-17(8-13)19(22,23)24/h3-9,15H,1-2H2,(H,26,29). The highest BCUT2D eigenvalue weighted by atomic mass is 35.5. The van der Waals surface area contributed by atoms with Gasteiger partial charge in [-0.25, -0.2) is 4.68 Å². The Balaban J connectivity index is 1.57. The van der Waals surface area contributed by atoms with Gasteiger partial charge in [-0.2, -0.15) is 18.3 Å². The molecule has 1 unspecified atom stereocenters. The molecule has 0 bridgehead atoms. The van der Waals surface area contributed by atoms with Crippen LogP contribution in [0.2, 0.25) is 10.0 Å². The zero-order chi connectivity index (χ0) is 20.8. The summed E-state index contributed by atoms with van der Waals surface area (Å²) in [6.45, 7) is 0. The summed E-state index contributed by atoms with van der Waals surface area (Å²) in [5.74, 6) is -0.344. The predicted octanol–water partition coefficient (Wildman–Crippen LogP) is 5.01. The lowest BCUT2D eigenvalue weighted by Gasteiger charge is -2.13. The summed E-state index contributed by atoms with van der Waals surface area (Å²) in [5, 5.41) is 7.97. The van der Waals surface area contributed by atoms with Crippen LogP contribution in [0.3, 0.4) is 0 Å². The molecular weight excluding hydrogens is 428 g/mol. The van der Waals surface area contributed by atoms with Crippen LogP contribution in [0, 0.1) is 0 Å². The van der Waals surface area contributed by atoms with Crippen molar-refractivity contribution in [1.29, 1.82) is 0 Å². The number of nitrogens with zero attached hydrogens (tertiary/aromatic N) is 3. The molecular formula is C19H13Cl2F3N4O. The molecule has 4 rings (SSSR count). The predicted molar refractivity (Wildman–Crippen MR) is 101 cm³/mol. The molecule has 0 fully saturated rings. The summed E-state index contributed by atoms with van der Waals surface area (Å²) in [4.78, 5) is 15.9. The summed E-state index contributed by atoms with van der Waals surface area (Å²) >= 11 is 11.9. The van der Waals surface area contributed by atoms with E-state index in [-0.39, 0.29) is 17.6 Å². The Kier molecular flexibility index (Phi) is 5.00. The Morgan fingerprint density at radius 3 is 2.59 bits per heavy atom. The molecule has 1 aliphatic carbocycles. The molecule has 5 nitrogen and oxygen atoms in total. The minimum atomic E-state index is -4.54. The van der Waals surface area contributed by atoms with Crippen LogP contribution in [0.25, 0.3) is 5.69 Å². The van der Waals surface area contributed by atoms with E-state index in [9.17, 15) is 18.0 Å². The molecule has 0 aliphatic heterocycles. The quantitative estimate of drug-likeness (QED) is 0.622. The molecule has 2 heterocycles. The highest BCUT2D eigenvalue weighted by Gasteiger charge is 2.33. The van der Waals surface area contributed by atoms with Gasteiger partial charge in [0.15, 0.2) is 0 Å². The van der Waals surface area contributed by atoms with Gasteiger partial charge in [0, 0.05) is 33.6 Å². The first-order valence-electron chi connectivity index (χ1n) is 8.60. The SMILES string of the molecule is O=C(NC1CCc2nn(-c3ccnc(C(F)(F)F)c3)cc21)c1cc(Cl)cc(Cl)c1. The smallest absolute Gasteiger partial charge is 0.345 e. The number of rotatable bonds is 3. The van der Waals surface area contributed by atoms with E-state index in [1.807, 2.05) is 0 Å². The Labute approximate surface area is 173 Å². The van der Waals surface area contributed by atoms with Gasteiger partial charge in [0.25, 0.3) is 5.91 Å². The van der Waals surface area contributed by atoms with E-state index in [1.54, 1.807) is 6.20 Å². The van der Waals surface area contributed by atoms with Gasteiger partial charge in [0.05, 0.1) is 17.4 Å². The van der Waals surface area contributed by atoms with Crippen molar-refractivity contribution >= 4 is 29.1 Å². The highest BCUT2D eigenvalue weighted by molar-refractivity contribution is 6.35. The largest absolute Gasteiger partial charge is 0.433 e. The average molecular weight is 441 g/mol. The molecule has 0 radical (unpaired) electrons. The monoisotopic (exact) mass is 440 g/mol. The van der Waals surface area contributed by atoms with Gasteiger partial charge in [0.1, 0.15) is 5.69 Å². The lowest BCUT2D eigenvalue weighted by molar-refractivity contribution is -0.141. The van der Waals surface area contributed by atoms with Gasteiger partial charge in [-0.1, -0.05) is 23.2 Å². The van der Waals surface area contributed by atoms with Gasteiger partial charge >= 0.3 is 6.18 Å². The number of fused-ring (bicyclic) bond motifs is 1. The number of hydrogen-bond acceptors (Lipinski definition) is 3. The van der Waals surface area contributed by atoms with Crippen molar-refractivity contribution in [3.8, 4) is 5.69 Å². The first kappa shape index (κ1) is 19.7. The van der Waals surface area contributed by atoms with Crippen molar-refractivity contribution < 1.29 is 18.0 Å². The van der Waals surface area contributed by atoms with E-state index >= 15 is 0 Å². The molecule has 3 aromatic rings. The summed E-state index contributed by atoms with van der Waals surface area (Å²) in [5.41, 5.74) is 1.07. The zero-order valence-corrected chi connectivity index (χ0v) is 16.2. The molecule has 0 spiro atoms. The van der Waals surface area contributed by atoms with Crippen LogP contribution in [0.1, 0.15) is 39.8 Å². The van der Waals surface area contributed by atoms with Crippen LogP contribution in [0.4, 0.5) is 13.2 Å². The van der Waals surface area contributed by atoms with Crippen LogP contribution in [-0.2, 0) is 12.6 Å². The number of alkyl halides is 3. The van der Waals surface area contributed by atoms with Crippen molar-refractivity contribution in [2.75, 3.05) is 0 Å². The zero-order valence-electron chi connectivity index (χ0n) is 14.7. The van der Waals surface area contributed by atoms with E-state index < -0.39 is 11.9 Å². The number of aryl methyl sites for hydroxylation is 1. The third-order valence-electron chi connectivity index (χ3n) is 4.60. The number of benzene rings is 1. The second-order valence-corrected chi connectivity index (χ2v) is 7.47. The van der Waals surface area contributed by atoms with Crippen LogP contribution in [0.15, 0.2) is 42.7 Å². The van der Waals surface area contributed by atoms with Crippen molar-refractivity contribution in [2.45, 2.75) is 25.1 Å². The van der Waals surface area contributed by atoms with Crippen LogP contribution in [0.5, 0.6) is 0 Å². The first-order valence-corrected chi connectivity index (χ1v) is 9.35. The number of carbonyl (C=O) groups is 1. The molecule has 29 heavy (non-hydrogen) atoms. The molecule has 150 valence electrons. The number of nitrogens with one attached hydrogen (secondary N) is 1. The van der Waals surface area contributed by atoms with Crippen LogP contribution in [-0.4, -0.2) is 20.7 Å². The highest BCUT2D eigenvalue weighted by Crippen LogP contribution is 2.33. The van der Waals surface area contributed by atoms with E-state index in [0.29, 0.717) is 28.5 Å². The number of aromatic nitrogens is 3. The number of carbonyl (C=O) groups excluding carboxylic acids is 1. The molecule has 0 saturated carbocycles. The normalized spacial score (nSPS) is 16.0. The molecule has 1 aromatic carbocycles. The third-order valence-corrected chi connectivity index (χ3v) is 5.03. The number of pyridine rings is 1. The minimum Gasteiger partial charge on any atom is -0.345 e. The second kappa shape index (κ2) is 7.35. The molecule has 10 heteroatoms. The fourth-order valence-electron chi connectivity index (χ4n) is 3.27. The van der Waals surface area contributed by atoms with E-state index in [4.69, 9.17) is 23.2 Å². The molecule has 1 N–H and O–H groups in total. The van der Waals surface area contributed by atoms with Crippen molar-refractivity contribution in [2.24, 2.45) is 0 Å². The van der Waals surface area contributed by atoms with E-state index in [1.165, 1.54) is 28.9 Å². The van der Waals surface area contributed by atoms with Crippen LogP contribution >= 0.6 is 23.2 Å². The van der Waals surface area contributed by atoms with Gasteiger partial charge in [-0.05, 0) is 43.2 Å². The average Bonchev–Trinajstić information content (AvgIpc) is 3.22. The lowest BCUT2D eigenvalue weighted by Crippen LogP contribution is -2.27. The second-order valence-electron chi connectivity index (χ2n) is 6.60. The number of amides is 1. The maximum atomic E-state index is 12.9. The molecule has 2 aromatic heterocycles. The summed E-state index contributed by atoms with van der Waals surface area (Å²) in [6, 6.07) is 6.62. The Hall–Kier alpha value is -2.58. The molecule has 0 saturated heterocycles. The topological polar surface area (TPSA) is 59.8 Å². The third kappa shape index (κ3) is 4.09. The van der Waals surface area contributed by atoms with E-state index in [0.717, 1.165) is 23.5 Å². The first-order chi connectivity index (χ1) is 13.7. The maximum absolute atomic E-state index is 12.9. The summed E-state index contributed by atoms with van der Waals surface area (Å²) in [7, 11) is 0. The molecule has 1 atom stereocenters. The Morgan fingerprint density at radius 2 is 1.90 bits per heavy atom. The Bertz CT molecular complexity index is 1080. The van der Waals surface area contributed by atoms with Crippen molar-refractivity contribution in [3.63, 3.8) is 0 Å². The summed E-state index contributed by atoms with van der Waals surface area (Å²) in [6.07, 6.45) is -0.578. The van der Waals surface area contributed by atoms with Crippen molar-refractivity contribution in [1.82, 2.24) is 20.1 Å². The molecule has 1 amide bonds. The molecule has 1 aliphatic rings. The van der Waals surface area contributed by atoms with Crippen molar-refractivity contribution in [3.05, 3.63) is 75.3 Å². The van der Waals surface area contributed by atoms with Gasteiger partial charge in [-0.15, -0.1) is 0 Å².